The number of hydrogen-bond acceptors (Lipinski definition) is 7. The maximum absolute atomic E-state index is 13.5. The number of aliphatic hydroxyl groups excluding tert-OH is 2. The molecule has 3 aliphatic carbocycles. The molecule has 0 amide bonds. The Labute approximate surface area is 155 Å². The normalized spacial score (nSPS) is 44.4. The highest BCUT2D eigenvalue weighted by Gasteiger charge is 2.87. The van der Waals surface area contributed by atoms with Gasteiger partial charge in [0.05, 0.1) is 17.3 Å². The van der Waals surface area contributed by atoms with E-state index in [9.17, 15) is 24.9 Å². The molecule has 3 N–H and O–H groups in total. The van der Waals surface area contributed by atoms with Crippen LogP contribution < -0.4 is 4.74 Å². The highest BCUT2D eigenvalue weighted by Crippen LogP contribution is 2.73. The number of benzene rings is 1. The molecule has 1 saturated heterocycles. The zero-order chi connectivity index (χ0) is 19.2. The Balaban J connectivity index is 1.69. The third-order valence-corrected chi connectivity index (χ3v) is 6.98. The number of epoxide rings is 1. The predicted molar refractivity (Wildman–Crippen MR) is 91.1 cm³/mol. The van der Waals surface area contributed by atoms with E-state index < -0.39 is 40.9 Å². The molecule has 5 rings (SSSR count). The van der Waals surface area contributed by atoms with E-state index in [1.54, 1.807) is 12.1 Å². The van der Waals surface area contributed by atoms with Crippen LogP contribution in [0.5, 0.6) is 5.75 Å². The molecule has 2 saturated carbocycles. The average Bonchev–Trinajstić information content (AvgIpc) is 3.31. The second-order valence-electron chi connectivity index (χ2n) is 8.31. The van der Waals surface area contributed by atoms with Gasteiger partial charge in [-0.15, -0.1) is 0 Å². The predicted octanol–water partition coefficient (Wildman–Crippen LogP) is 1.04. The number of esters is 1. The summed E-state index contributed by atoms with van der Waals surface area (Å²) in [5, 5.41) is 33.1. The van der Waals surface area contributed by atoms with E-state index in [1.165, 1.54) is 13.0 Å². The van der Waals surface area contributed by atoms with Crippen molar-refractivity contribution in [3.63, 3.8) is 0 Å². The molecule has 6 atom stereocenters. The van der Waals surface area contributed by atoms with Crippen molar-refractivity contribution in [1.29, 1.82) is 0 Å². The highest BCUT2D eigenvalue weighted by atomic mass is 16.7. The van der Waals surface area contributed by atoms with Crippen molar-refractivity contribution in [2.75, 3.05) is 0 Å². The van der Waals surface area contributed by atoms with Gasteiger partial charge in [0.25, 0.3) is 0 Å². The number of aliphatic hydroxyl groups is 3. The molecule has 27 heavy (non-hydrogen) atoms. The van der Waals surface area contributed by atoms with Crippen molar-refractivity contribution >= 4 is 11.8 Å². The number of ether oxygens (including phenoxy) is 2. The van der Waals surface area contributed by atoms with Crippen molar-refractivity contribution < 1.29 is 34.4 Å². The van der Waals surface area contributed by atoms with E-state index in [2.05, 4.69) is 0 Å². The maximum Gasteiger partial charge on any atom is 0.308 e. The van der Waals surface area contributed by atoms with Gasteiger partial charge < -0.3 is 24.8 Å². The van der Waals surface area contributed by atoms with Crippen LogP contribution in [0.1, 0.15) is 61.1 Å². The number of carbonyl (C=O) groups is 2. The lowest BCUT2D eigenvalue weighted by atomic mass is 9.53. The van der Waals surface area contributed by atoms with Gasteiger partial charge in [-0.25, -0.2) is 0 Å². The van der Waals surface area contributed by atoms with Gasteiger partial charge in [-0.05, 0) is 43.7 Å². The minimum Gasteiger partial charge on any atom is -0.426 e. The van der Waals surface area contributed by atoms with Gasteiger partial charge in [0.15, 0.2) is 5.60 Å². The summed E-state index contributed by atoms with van der Waals surface area (Å²) in [7, 11) is 0. The van der Waals surface area contributed by atoms with Crippen molar-refractivity contribution in [3.05, 3.63) is 29.3 Å². The maximum atomic E-state index is 13.5. The molecule has 0 bridgehead atoms. The summed E-state index contributed by atoms with van der Waals surface area (Å²) in [6.45, 7) is 1.25. The van der Waals surface area contributed by atoms with E-state index in [-0.39, 0.29) is 23.5 Å². The highest BCUT2D eigenvalue weighted by molar-refractivity contribution is 6.11. The Morgan fingerprint density at radius 2 is 2.04 bits per heavy atom. The third-order valence-electron chi connectivity index (χ3n) is 6.98. The fourth-order valence-electron chi connectivity index (χ4n) is 5.96. The lowest BCUT2D eigenvalue weighted by Crippen LogP contribution is -2.64. The van der Waals surface area contributed by atoms with Crippen molar-refractivity contribution in [3.8, 4) is 5.75 Å². The first kappa shape index (κ1) is 17.3. The fraction of sp³-hybridized carbons (Fsp3) is 0.600. The standard InChI is InChI=1S/C20H22O7/c1-10(21)26-13-6-2-4-11-14(13)17(24)19-9-8-18(25)7-3-5-12(22)15(18)20(19,27-19)16(11)23/h2,4,6,12,15-16,22-23,25H,3,5,7-9H2,1H3/t12-,15+,16+,18-,19-,20+/m1/s1. The van der Waals surface area contributed by atoms with E-state index in [0.717, 1.165) is 0 Å². The fourth-order valence-corrected chi connectivity index (χ4v) is 5.96. The molecular weight excluding hydrogens is 352 g/mol. The van der Waals surface area contributed by atoms with Gasteiger partial charge in [-0.2, -0.15) is 0 Å². The molecule has 7 heteroatoms. The van der Waals surface area contributed by atoms with Crippen molar-refractivity contribution in [1.82, 2.24) is 0 Å². The summed E-state index contributed by atoms with van der Waals surface area (Å²) in [5.41, 5.74) is -3.31. The summed E-state index contributed by atoms with van der Waals surface area (Å²) in [4.78, 5) is 24.9. The first-order valence-electron chi connectivity index (χ1n) is 9.42. The van der Waals surface area contributed by atoms with Crippen LogP contribution in [0.4, 0.5) is 0 Å². The van der Waals surface area contributed by atoms with E-state index in [1.807, 2.05) is 0 Å². The molecule has 0 unspecified atom stereocenters. The largest absolute Gasteiger partial charge is 0.426 e. The van der Waals surface area contributed by atoms with Gasteiger partial charge in [-0.1, -0.05) is 12.1 Å². The smallest absolute Gasteiger partial charge is 0.308 e. The molecule has 7 nitrogen and oxygen atoms in total. The lowest BCUT2D eigenvalue weighted by molar-refractivity contribution is -0.164. The quantitative estimate of drug-likeness (QED) is 0.382. The molecule has 1 aliphatic heterocycles. The number of fused-ring (bicyclic) bond motifs is 2. The number of Topliss-reactive ketones (excluding diaryl/α,β-unsaturated/α-hetero) is 1. The molecule has 1 aromatic carbocycles. The molecule has 3 fully saturated rings. The van der Waals surface area contributed by atoms with Gasteiger partial charge in [0, 0.05) is 12.8 Å². The molecule has 0 spiro atoms. The second kappa shape index (κ2) is 5.17. The zero-order valence-electron chi connectivity index (χ0n) is 15.0. The second-order valence-corrected chi connectivity index (χ2v) is 8.31. The van der Waals surface area contributed by atoms with E-state index in [4.69, 9.17) is 9.47 Å². The number of hydrogen-bond donors (Lipinski definition) is 3. The summed E-state index contributed by atoms with van der Waals surface area (Å²) in [6, 6.07) is 4.73. The van der Waals surface area contributed by atoms with E-state index >= 15 is 0 Å². The molecule has 0 radical (unpaired) electrons. The molecule has 1 aromatic rings. The summed E-state index contributed by atoms with van der Waals surface area (Å²) >= 11 is 0. The van der Waals surface area contributed by atoms with Crippen molar-refractivity contribution in [2.45, 2.75) is 68.0 Å². The van der Waals surface area contributed by atoms with Gasteiger partial charge >= 0.3 is 5.97 Å². The Morgan fingerprint density at radius 1 is 1.26 bits per heavy atom. The SMILES string of the molecule is CC(=O)Oc1cccc2c1C(=O)[C@]13CC[C@]4(O)CCC[C@@H](O)[C@@H]4[C@]1(O3)[C@H]2O. The molecule has 0 aromatic heterocycles. The Hall–Kier alpha value is -1.80. The lowest BCUT2D eigenvalue weighted by Gasteiger charge is -2.51. The van der Waals surface area contributed by atoms with Crippen LogP contribution in [0.3, 0.4) is 0 Å². The van der Waals surface area contributed by atoms with Gasteiger partial charge in [0.2, 0.25) is 5.78 Å². The van der Waals surface area contributed by atoms with Crippen LogP contribution in [0.25, 0.3) is 0 Å². The first-order valence-corrected chi connectivity index (χ1v) is 9.42. The van der Waals surface area contributed by atoms with Crippen LogP contribution in [0.15, 0.2) is 18.2 Å². The zero-order valence-corrected chi connectivity index (χ0v) is 15.0. The molecule has 144 valence electrons. The summed E-state index contributed by atoms with van der Waals surface area (Å²) < 4.78 is 11.2. The Bertz CT molecular complexity index is 866. The topological polar surface area (TPSA) is 117 Å². The van der Waals surface area contributed by atoms with Crippen LogP contribution in [-0.2, 0) is 9.53 Å². The van der Waals surface area contributed by atoms with Gasteiger partial charge in [0.1, 0.15) is 17.5 Å². The first-order chi connectivity index (χ1) is 12.8. The van der Waals surface area contributed by atoms with Crippen LogP contribution in [0.2, 0.25) is 0 Å². The Kier molecular flexibility index (Phi) is 3.31. The minimum absolute atomic E-state index is 0.104. The number of ketones is 1. The van der Waals surface area contributed by atoms with Crippen LogP contribution >= 0.6 is 0 Å². The van der Waals surface area contributed by atoms with E-state index in [0.29, 0.717) is 31.2 Å². The van der Waals surface area contributed by atoms with Crippen LogP contribution in [0, 0.1) is 5.92 Å². The summed E-state index contributed by atoms with van der Waals surface area (Å²) in [6.07, 6.45) is 0.217. The number of carbonyl (C=O) groups excluding carboxylic acids is 2. The average molecular weight is 374 g/mol. The van der Waals surface area contributed by atoms with Gasteiger partial charge in [-0.3, -0.25) is 9.59 Å². The van der Waals surface area contributed by atoms with Crippen LogP contribution in [-0.4, -0.2) is 50.0 Å². The monoisotopic (exact) mass is 374 g/mol. The van der Waals surface area contributed by atoms with Crippen molar-refractivity contribution in [2.24, 2.45) is 5.92 Å². The molecular formula is C20H22O7. The number of rotatable bonds is 1. The molecule has 4 aliphatic rings. The third kappa shape index (κ3) is 1.90. The minimum atomic E-state index is -1.33. The summed E-state index contributed by atoms with van der Waals surface area (Å²) in [5.74, 6) is -1.54. The Morgan fingerprint density at radius 3 is 2.78 bits per heavy atom. The molecule has 1 heterocycles.